The van der Waals surface area contributed by atoms with Crippen LogP contribution in [0.5, 0.6) is 0 Å². The molecule has 3 amide bonds. The first-order chi connectivity index (χ1) is 10.0. The van der Waals surface area contributed by atoms with E-state index in [4.69, 9.17) is 0 Å². The molecule has 1 aromatic carbocycles. The van der Waals surface area contributed by atoms with Crippen molar-refractivity contribution in [3.8, 4) is 0 Å². The molecule has 6 nitrogen and oxygen atoms in total. The fraction of sp³-hybridized carbons (Fsp3) is 0.400. The zero-order chi connectivity index (χ0) is 15.4. The van der Waals surface area contributed by atoms with Gasteiger partial charge in [-0.2, -0.15) is 0 Å². The van der Waals surface area contributed by atoms with Crippen LogP contribution >= 0.6 is 0 Å². The lowest BCUT2D eigenvalue weighted by Gasteiger charge is -2.22. The molecule has 1 heterocycles. The van der Waals surface area contributed by atoms with Crippen molar-refractivity contribution in [3.05, 3.63) is 29.3 Å². The van der Waals surface area contributed by atoms with Gasteiger partial charge < -0.3 is 16.0 Å². The number of rotatable bonds is 3. The number of piperidine rings is 1. The van der Waals surface area contributed by atoms with Crippen LogP contribution in [0.1, 0.15) is 28.8 Å². The van der Waals surface area contributed by atoms with Gasteiger partial charge in [-0.05, 0) is 37.1 Å². The van der Waals surface area contributed by atoms with Crippen LogP contribution in [0.3, 0.4) is 0 Å². The molecule has 1 fully saturated rings. The van der Waals surface area contributed by atoms with Crippen LogP contribution in [0.4, 0.5) is 5.69 Å². The average Bonchev–Trinajstić information content (AvgIpc) is 2.49. The molecular weight excluding hydrogens is 270 g/mol. The monoisotopic (exact) mass is 289 g/mol. The molecule has 0 spiro atoms. The third kappa shape index (κ3) is 3.59. The van der Waals surface area contributed by atoms with Gasteiger partial charge in [0.1, 0.15) is 0 Å². The Morgan fingerprint density at radius 3 is 2.67 bits per heavy atom. The smallest absolute Gasteiger partial charge is 0.251 e. The van der Waals surface area contributed by atoms with E-state index in [9.17, 15) is 14.4 Å². The summed E-state index contributed by atoms with van der Waals surface area (Å²) in [6.07, 6.45) is 0.944. The Morgan fingerprint density at radius 2 is 2.10 bits per heavy atom. The average molecular weight is 289 g/mol. The van der Waals surface area contributed by atoms with Gasteiger partial charge in [-0.1, -0.05) is 0 Å². The molecule has 1 aromatic rings. The number of hydrogen-bond donors (Lipinski definition) is 3. The molecule has 0 aliphatic carbocycles. The van der Waals surface area contributed by atoms with E-state index in [0.29, 0.717) is 30.6 Å². The van der Waals surface area contributed by atoms with Crippen LogP contribution in [0.25, 0.3) is 0 Å². The van der Waals surface area contributed by atoms with Gasteiger partial charge in [0.05, 0.1) is 5.92 Å². The third-order valence-electron chi connectivity index (χ3n) is 3.61. The standard InChI is InChI=1S/C15H19N3O3/c1-9-7-10(14(20)16-2)3-5-12(9)18-15(21)11-4-6-13(19)17-8-11/h3,5,7,11H,4,6,8H2,1-2H3,(H,16,20)(H,17,19)(H,18,21). The molecule has 1 aliphatic rings. The third-order valence-corrected chi connectivity index (χ3v) is 3.61. The highest BCUT2D eigenvalue weighted by atomic mass is 16.2. The highest BCUT2D eigenvalue weighted by Gasteiger charge is 2.24. The minimum atomic E-state index is -0.208. The van der Waals surface area contributed by atoms with Crippen LogP contribution in [0.15, 0.2) is 18.2 Å². The number of hydrogen-bond acceptors (Lipinski definition) is 3. The van der Waals surface area contributed by atoms with Crippen molar-refractivity contribution < 1.29 is 14.4 Å². The Bertz CT molecular complexity index is 574. The lowest BCUT2D eigenvalue weighted by Crippen LogP contribution is -2.40. The Balaban J connectivity index is 2.04. The van der Waals surface area contributed by atoms with E-state index in [2.05, 4.69) is 16.0 Å². The predicted molar refractivity (Wildman–Crippen MR) is 78.9 cm³/mol. The van der Waals surface area contributed by atoms with Crippen LogP contribution in [0, 0.1) is 12.8 Å². The summed E-state index contributed by atoms with van der Waals surface area (Å²) >= 11 is 0. The Morgan fingerprint density at radius 1 is 1.33 bits per heavy atom. The van der Waals surface area contributed by atoms with Gasteiger partial charge >= 0.3 is 0 Å². The molecule has 112 valence electrons. The van der Waals surface area contributed by atoms with E-state index in [0.717, 1.165) is 5.56 Å². The van der Waals surface area contributed by atoms with Gasteiger partial charge in [0, 0.05) is 31.3 Å². The summed E-state index contributed by atoms with van der Waals surface area (Å²) in [5, 5.41) is 8.11. The van der Waals surface area contributed by atoms with Crippen molar-refractivity contribution >= 4 is 23.4 Å². The van der Waals surface area contributed by atoms with E-state index >= 15 is 0 Å². The normalized spacial score (nSPS) is 17.8. The molecule has 0 bridgehead atoms. The van der Waals surface area contributed by atoms with Gasteiger partial charge in [0.25, 0.3) is 5.91 Å². The zero-order valence-corrected chi connectivity index (χ0v) is 12.2. The second kappa shape index (κ2) is 6.39. The first-order valence-electron chi connectivity index (χ1n) is 6.91. The first-order valence-corrected chi connectivity index (χ1v) is 6.91. The molecular formula is C15H19N3O3. The molecule has 1 saturated heterocycles. The summed E-state index contributed by atoms with van der Waals surface area (Å²) in [4.78, 5) is 34.8. The number of anilines is 1. The molecule has 0 saturated carbocycles. The first kappa shape index (κ1) is 15.0. The Labute approximate surface area is 123 Å². The summed E-state index contributed by atoms with van der Waals surface area (Å²) in [6.45, 7) is 2.21. The van der Waals surface area contributed by atoms with Crippen molar-refractivity contribution in [2.24, 2.45) is 5.92 Å². The summed E-state index contributed by atoms with van der Waals surface area (Å²) < 4.78 is 0. The maximum absolute atomic E-state index is 12.2. The molecule has 21 heavy (non-hydrogen) atoms. The van der Waals surface area contributed by atoms with Crippen molar-refractivity contribution in [2.45, 2.75) is 19.8 Å². The number of carbonyl (C=O) groups excluding carboxylic acids is 3. The second-order valence-corrected chi connectivity index (χ2v) is 5.14. The summed E-state index contributed by atoms with van der Waals surface area (Å²) in [5.41, 5.74) is 2.06. The largest absolute Gasteiger partial charge is 0.355 e. The van der Waals surface area contributed by atoms with Crippen LogP contribution in [-0.4, -0.2) is 31.3 Å². The number of nitrogens with one attached hydrogen (secondary N) is 3. The molecule has 1 unspecified atom stereocenters. The van der Waals surface area contributed by atoms with Crippen LogP contribution in [0.2, 0.25) is 0 Å². The second-order valence-electron chi connectivity index (χ2n) is 5.14. The SMILES string of the molecule is CNC(=O)c1ccc(NC(=O)C2CCC(=O)NC2)c(C)c1. The van der Waals surface area contributed by atoms with Gasteiger partial charge in [0.2, 0.25) is 11.8 Å². The summed E-state index contributed by atoms with van der Waals surface area (Å²) in [5.74, 6) is -0.484. The summed E-state index contributed by atoms with van der Waals surface area (Å²) in [6, 6.07) is 5.13. The topological polar surface area (TPSA) is 87.3 Å². The highest BCUT2D eigenvalue weighted by molar-refractivity contribution is 5.97. The van der Waals surface area contributed by atoms with Crippen molar-refractivity contribution in [2.75, 3.05) is 18.9 Å². The Hall–Kier alpha value is -2.37. The van der Waals surface area contributed by atoms with Gasteiger partial charge in [-0.3, -0.25) is 14.4 Å². The zero-order valence-electron chi connectivity index (χ0n) is 12.2. The van der Waals surface area contributed by atoms with E-state index in [-0.39, 0.29) is 23.6 Å². The lowest BCUT2D eigenvalue weighted by molar-refractivity contribution is -0.126. The molecule has 2 rings (SSSR count). The van der Waals surface area contributed by atoms with Gasteiger partial charge in [-0.15, -0.1) is 0 Å². The van der Waals surface area contributed by atoms with E-state index in [1.807, 2.05) is 6.92 Å². The number of aryl methyl sites for hydroxylation is 1. The Kier molecular flexibility index (Phi) is 4.57. The molecule has 1 aliphatic heterocycles. The highest BCUT2D eigenvalue weighted by Crippen LogP contribution is 2.19. The lowest BCUT2D eigenvalue weighted by atomic mass is 9.98. The van der Waals surface area contributed by atoms with Gasteiger partial charge in [0.15, 0.2) is 0 Å². The molecule has 1 atom stereocenters. The fourth-order valence-corrected chi connectivity index (χ4v) is 2.28. The van der Waals surface area contributed by atoms with Crippen LogP contribution in [-0.2, 0) is 9.59 Å². The van der Waals surface area contributed by atoms with Crippen LogP contribution < -0.4 is 16.0 Å². The maximum atomic E-state index is 12.2. The number of amides is 3. The maximum Gasteiger partial charge on any atom is 0.251 e. The van der Waals surface area contributed by atoms with E-state index in [1.165, 1.54) is 0 Å². The van der Waals surface area contributed by atoms with Gasteiger partial charge in [-0.25, -0.2) is 0 Å². The number of benzene rings is 1. The molecule has 6 heteroatoms. The van der Waals surface area contributed by atoms with E-state index in [1.54, 1.807) is 25.2 Å². The minimum absolute atomic E-state index is 0.00911. The molecule has 0 radical (unpaired) electrons. The summed E-state index contributed by atoms with van der Waals surface area (Å²) in [7, 11) is 1.57. The van der Waals surface area contributed by atoms with E-state index < -0.39 is 0 Å². The molecule has 0 aromatic heterocycles. The van der Waals surface area contributed by atoms with Crippen molar-refractivity contribution in [3.63, 3.8) is 0 Å². The van der Waals surface area contributed by atoms with Crippen molar-refractivity contribution in [1.82, 2.24) is 10.6 Å². The quantitative estimate of drug-likeness (QED) is 0.770. The molecule has 3 N–H and O–H groups in total. The van der Waals surface area contributed by atoms with Crippen molar-refractivity contribution in [1.29, 1.82) is 0 Å². The minimum Gasteiger partial charge on any atom is -0.355 e. The number of carbonyl (C=O) groups is 3. The predicted octanol–water partition coefficient (Wildman–Crippen LogP) is 0.819. The fourth-order valence-electron chi connectivity index (χ4n) is 2.28.